The van der Waals surface area contributed by atoms with E-state index in [1.165, 1.54) is 41.1 Å². The first-order valence-corrected chi connectivity index (χ1v) is 45.6. The van der Waals surface area contributed by atoms with Crippen LogP contribution < -0.4 is 36.0 Å². The number of benzene rings is 4. The fourth-order valence-corrected chi connectivity index (χ4v) is 22.3. The number of esters is 4. The van der Waals surface area contributed by atoms with E-state index < -0.39 is 200 Å². The second-order valence-electron chi connectivity index (χ2n) is 22.6. The number of halogens is 24. The molecule has 0 aliphatic rings. The smallest absolute Gasteiger partial charge is 0.426 e. The van der Waals surface area contributed by atoms with Gasteiger partial charge in [-0.25, -0.2) is 52.8 Å². The van der Waals surface area contributed by atoms with Crippen molar-refractivity contribution in [3.63, 3.8) is 0 Å². The van der Waals surface area contributed by atoms with E-state index in [9.17, 15) is 157 Å². The molecule has 34 nitrogen and oxygen atoms in total. The Labute approximate surface area is 764 Å². The molecule has 0 saturated heterocycles. The summed E-state index contributed by atoms with van der Waals surface area (Å²) in [6.45, 7) is 8.00. The van der Waals surface area contributed by atoms with Crippen LogP contribution in [0.1, 0.15) is 89.9 Å². The molecular formula is C57H47Br12F12N7O27S4-4. The van der Waals surface area contributed by atoms with Crippen molar-refractivity contribution >= 4 is 337 Å². The number of carbonyl (C=O) groups is 11. The highest BCUT2D eigenvalue weighted by atomic mass is 79.9. The number of nitrogens with zero attached hydrogens (tertiary/aromatic N) is 3. The molecular weight excluding hydrogens is 2530 g/mol. The summed E-state index contributed by atoms with van der Waals surface area (Å²) in [5.41, 5.74) is -2.73. The number of alkyl halides is 12. The first-order chi connectivity index (χ1) is 53.3. The van der Waals surface area contributed by atoms with E-state index in [2.05, 4.69) is 231 Å². The molecule has 119 heavy (non-hydrogen) atoms. The van der Waals surface area contributed by atoms with Gasteiger partial charge in [0, 0.05) is 78.6 Å². The van der Waals surface area contributed by atoms with E-state index in [4.69, 9.17) is 0 Å². The number of ether oxygens (including phenoxy) is 4. The van der Waals surface area contributed by atoms with Crippen LogP contribution in [0, 0.1) is 0 Å². The summed E-state index contributed by atoms with van der Waals surface area (Å²) >= 11 is 36.6. The average molecular weight is 2580 g/mol. The molecule has 0 fully saturated rings. The molecule has 7 amide bonds. The summed E-state index contributed by atoms with van der Waals surface area (Å²) < 4.78 is 302. The number of carbonyl (C=O) groups excluding carboxylic acids is 11. The van der Waals surface area contributed by atoms with Crippen molar-refractivity contribution in [1.29, 1.82) is 0 Å². The van der Waals surface area contributed by atoms with Gasteiger partial charge in [-0.05, 0) is 197 Å². The van der Waals surface area contributed by atoms with Crippen molar-refractivity contribution in [2.75, 3.05) is 80.1 Å². The van der Waals surface area contributed by atoms with Gasteiger partial charge in [0.2, 0.25) is 65.8 Å². The van der Waals surface area contributed by atoms with Crippen LogP contribution in [0.3, 0.4) is 0 Å². The first-order valence-electron chi connectivity index (χ1n) is 29.7. The molecule has 0 radical (unpaired) electrons. The van der Waals surface area contributed by atoms with Crippen LogP contribution in [0.2, 0.25) is 0 Å². The Morgan fingerprint density at radius 3 is 0.731 bits per heavy atom. The topological polar surface area (TPSA) is 511 Å². The van der Waals surface area contributed by atoms with E-state index in [1.54, 1.807) is 0 Å². The molecule has 0 aromatic heterocycles. The molecule has 0 spiro atoms. The van der Waals surface area contributed by atoms with Crippen LogP contribution >= 0.6 is 191 Å². The van der Waals surface area contributed by atoms with Gasteiger partial charge in [0.15, 0.2) is 0 Å². The van der Waals surface area contributed by atoms with Crippen LogP contribution in [-0.4, -0.2) is 210 Å². The molecule has 4 aromatic carbocycles. The lowest BCUT2D eigenvalue weighted by Gasteiger charge is -2.28. The van der Waals surface area contributed by atoms with E-state index in [1.807, 2.05) is 0 Å². The third kappa shape index (κ3) is 34.1. The van der Waals surface area contributed by atoms with Gasteiger partial charge in [-0.3, -0.25) is 33.6 Å². The Morgan fingerprint density at radius 2 is 0.513 bits per heavy atom. The lowest BCUT2D eigenvalue weighted by atomic mass is 10.1. The Balaban J connectivity index is 0.000000795. The Bertz CT molecular complexity index is 5110. The largest absolute Gasteiger partial charge is 0.748 e. The maximum atomic E-state index is 13.2. The number of anilines is 7. The molecule has 0 aliphatic heterocycles. The maximum Gasteiger partial charge on any atom is 0.426 e. The van der Waals surface area contributed by atoms with Gasteiger partial charge in [0.25, 0.3) is 0 Å². The van der Waals surface area contributed by atoms with E-state index in [-0.39, 0.29) is 93.5 Å². The van der Waals surface area contributed by atoms with Crippen LogP contribution in [0.15, 0.2) is 59.7 Å². The monoisotopic (exact) mass is 2560 g/mol. The van der Waals surface area contributed by atoms with Crippen molar-refractivity contribution in [2.45, 2.75) is 97.6 Å². The second kappa shape index (κ2) is 44.7. The number of amides is 7. The summed E-state index contributed by atoms with van der Waals surface area (Å²) in [7, 11) is -17.6. The van der Waals surface area contributed by atoms with Gasteiger partial charge in [-0.2, -0.15) is 52.7 Å². The maximum absolute atomic E-state index is 13.2. The SMILES string of the molecule is CC(=O)N(C)c1c(Br)c(C(=O)OC(CS(=O)(=O)[O-])C(F)(F)F)c(Br)c(N(C)C(C)=O)c1Br.CC(=O)Nc1c(Br)c(C(=O)OC(CS(=O)(=O)[O-])C(F)(F)F)c(Br)c(N(C)C(C)=O)c1Br.CC(=O)Nc1c(Br)c(NC(C)=O)c(Br)c(C(=O)OC(CS(=O)(=O)[O-])C(F)(F)F)c1Br.CC(=O)Nc1c(Br)cc(Br)c(C(=O)OC(CS(=O)(=O)[O-])C(F)(F)F)c1Br. The third-order valence-electron chi connectivity index (χ3n) is 13.4. The Hall–Kier alpha value is -4.39. The van der Waals surface area contributed by atoms with Crippen LogP contribution in [-0.2, 0) is 93.0 Å². The molecule has 62 heteroatoms. The van der Waals surface area contributed by atoms with Gasteiger partial charge < -0.3 is 73.1 Å². The van der Waals surface area contributed by atoms with Gasteiger partial charge >= 0.3 is 48.6 Å². The predicted octanol–water partition coefficient (Wildman–Crippen LogP) is 14.2. The van der Waals surface area contributed by atoms with Crippen molar-refractivity contribution in [3.05, 3.63) is 82.0 Å². The summed E-state index contributed by atoms with van der Waals surface area (Å²) in [5.74, 6) is -18.7. The standard InChI is InChI=1S/C16H16Br3F3N2O7S.C15H14Br3F3N2O7S.C14H12Br3F3N2O7S.C12H9Br3F3NO6S/c1-6(25)23(3)13-10(17)9(11(18)14(12(13)19)24(4)7(2)26)15(27)31-8(16(20,21)22)5-32(28,29)30;1-5(24)22-12-9(16)8(10(17)13(11(12)18)23(3)6(2)25)14(26)30-7(15(19,20)21)4-31(27,28)29;1-4(23)21-11-8(15)7(9(16)12(10(11)17)22-5(2)24)13(25)29-6(14(18,19)20)3-30(26,27)28;1-4(20)19-10-6(14)2-5(13)8(9(10)15)11(21)25-7(12(16,17)18)3-26(22,23)24/h8H,5H2,1-4H3,(H,28,29,30);7H,4H2,1-3H3,(H,22,24)(H,27,28,29);6H,3H2,1-2H3,(H,21,23)(H,22,24)(H,26,27,28);2,7H,3H2,1H3,(H,19,20)(H,22,23,24)/p-4. The van der Waals surface area contributed by atoms with Gasteiger partial charge in [-0.15, -0.1) is 0 Å². The van der Waals surface area contributed by atoms with Crippen molar-refractivity contribution in [3.8, 4) is 0 Å². The average Bonchev–Trinajstić information content (AvgIpc) is 0.765. The molecule has 0 aliphatic carbocycles. The van der Waals surface area contributed by atoms with Gasteiger partial charge in [-0.1, -0.05) is 0 Å². The molecule has 4 N–H and O–H groups in total. The number of rotatable bonds is 23. The third-order valence-corrected chi connectivity index (χ3v) is 25.3. The number of hydrogen-bond donors (Lipinski definition) is 4. The van der Waals surface area contributed by atoms with Crippen LogP contribution in [0.25, 0.3) is 0 Å². The molecule has 4 unspecified atom stereocenters. The van der Waals surface area contributed by atoms with Crippen molar-refractivity contribution in [1.82, 2.24) is 0 Å². The molecule has 668 valence electrons. The van der Waals surface area contributed by atoms with E-state index in [0.717, 1.165) is 49.3 Å². The molecule has 0 saturated carbocycles. The number of nitrogens with one attached hydrogen (secondary N) is 4. The van der Waals surface area contributed by atoms with Crippen LogP contribution in [0.5, 0.6) is 0 Å². The highest BCUT2D eigenvalue weighted by Crippen LogP contribution is 2.52. The van der Waals surface area contributed by atoms with E-state index in [0.29, 0.717) is 0 Å². The zero-order chi connectivity index (χ0) is 93.9. The lowest BCUT2D eigenvalue weighted by Crippen LogP contribution is -2.39. The van der Waals surface area contributed by atoms with E-state index >= 15 is 0 Å². The fourth-order valence-electron chi connectivity index (χ4n) is 8.05. The van der Waals surface area contributed by atoms with Crippen molar-refractivity contribution < 1.29 is 176 Å². The van der Waals surface area contributed by atoms with Crippen LogP contribution in [0.4, 0.5) is 92.5 Å². The molecule has 0 heterocycles. The molecule has 4 atom stereocenters. The second-order valence-corrected chi connectivity index (χ2v) is 38.1. The molecule has 0 bridgehead atoms. The zero-order valence-electron chi connectivity index (χ0n) is 59.8. The summed E-state index contributed by atoms with van der Waals surface area (Å²) in [4.78, 5) is 134. The minimum Gasteiger partial charge on any atom is -0.748 e. The molecule has 4 aromatic rings. The van der Waals surface area contributed by atoms with Gasteiger partial charge in [0.1, 0.15) is 0 Å². The normalized spacial score (nSPS) is 12.9. The summed E-state index contributed by atoms with van der Waals surface area (Å²) in [6, 6.07) is 1.26. The van der Waals surface area contributed by atoms with Crippen molar-refractivity contribution in [2.24, 2.45) is 0 Å². The quantitative estimate of drug-likeness (QED) is 0.0232. The lowest BCUT2D eigenvalue weighted by molar-refractivity contribution is -0.197. The highest BCUT2D eigenvalue weighted by molar-refractivity contribution is 9.13. The Morgan fingerprint density at radius 1 is 0.319 bits per heavy atom. The predicted molar refractivity (Wildman–Crippen MR) is 432 cm³/mol. The first kappa shape index (κ1) is 113. The highest BCUT2D eigenvalue weighted by Gasteiger charge is 2.49. The van der Waals surface area contributed by atoms with Gasteiger partial charge in [0.05, 0.1) is 170 Å². The minimum atomic E-state index is -5.41. The number of hydrogen-bond acceptors (Lipinski definition) is 27. The fraction of sp³-hybridized carbons (Fsp3) is 0.386. The Kier molecular flexibility index (Phi) is 42.3. The minimum absolute atomic E-state index is 0.0127. The summed E-state index contributed by atoms with van der Waals surface area (Å²) in [5, 5.41) is 9.35. The molecule has 4 rings (SSSR count). The zero-order valence-corrected chi connectivity index (χ0v) is 82.1. The summed E-state index contributed by atoms with van der Waals surface area (Å²) in [6.07, 6.45) is -34.2.